The number of nitrogens with zero attached hydrogens (tertiary/aromatic N) is 2. The number of likely N-dealkylation sites (N-methyl/N-ethyl adjacent to an activating group) is 1. The summed E-state index contributed by atoms with van der Waals surface area (Å²) in [6.45, 7) is 1.58. The van der Waals surface area contributed by atoms with Crippen molar-refractivity contribution in [1.82, 2.24) is 9.88 Å². The number of aromatic carboxylic acids is 1. The number of hydrogen-bond donors (Lipinski definition) is 2. The molecule has 5 heteroatoms. The van der Waals surface area contributed by atoms with Crippen molar-refractivity contribution in [2.24, 2.45) is 0 Å². The number of fused-ring (bicyclic) bond motifs is 1. The number of carbonyl (C=O) groups is 1. The summed E-state index contributed by atoms with van der Waals surface area (Å²) in [4.78, 5) is 17.8. The molecular weight excluding hydrogens is 242 g/mol. The van der Waals surface area contributed by atoms with E-state index in [9.17, 15) is 9.90 Å². The van der Waals surface area contributed by atoms with Gasteiger partial charge in [-0.2, -0.15) is 0 Å². The molecule has 2 aromatic rings. The van der Waals surface area contributed by atoms with Crippen LogP contribution in [0.15, 0.2) is 30.3 Å². The van der Waals surface area contributed by atoms with Crippen LogP contribution in [0.4, 0.5) is 5.82 Å². The first-order valence-electron chi connectivity index (χ1n) is 6.09. The molecule has 0 radical (unpaired) electrons. The second-order valence-electron chi connectivity index (χ2n) is 4.61. The largest absolute Gasteiger partial charge is 0.478 e. The van der Waals surface area contributed by atoms with Gasteiger partial charge in [-0.3, -0.25) is 0 Å². The van der Waals surface area contributed by atoms with Gasteiger partial charge < -0.3 is 15.3 Å². The van der Waals surface area contributed by atoms with Crippen molar-refractivity contribution in [1.29, 1.82) is 0 Å². The standard InChI is InChI=1S/C14H17N3O2/c1-17(2)8-7-15-13-9-11(14(18)19)10-5-3-4-6-12(10)16-13/h3-6,9H,7-8H2,1-2H3,(H,15,16)(H,18,19). The molecule has 0 aliphatic carbocycles. The number of carboxylic acid groups (broad SMARTS) is 1. The van der Waals surface area contributed by atoms with E-state index >= 15 is 0 Å². The van der Waals surface area contributed by atoms with Crippen LogP contribution in [0.25, 0.3) is 10.9 Å². The fourth-order valence-corrected chi connectivity index (χ4v) is 1.85. The summed E-state index contributed by atoms with van der Waals surface area (Å²) < 4.78 is 0. The van der Waals surface area contributed by atoms with Gasteiger partial charge >= 0.3 is 5.97 Å². The Morgan fingerprint density at radius 1 is 1.37 bits per heavy atom. The lowest BCUT2D eigenvalue weighted by molar-refractivity contribution is 0.0699. The van der Waals surface area contributed by atoms with Crippen LogP contribution in [0.3, 0.4) is 0 Å². The van der Waals surface area contributed by atoms with Crippen LogP contribution in [0.5, 0.6) is 0 Å². The smallest absolute Gasteiger partial charge is 0.336 e. The van der Waals surface area contributed by atoms with Crippen LogP contribution in [-0.2, 0) is 0 Å². The molecule has 0 saturated heterocycles. The van der Waals surface area contributed by atoms with Crippen LogP contribution >= 0.6 is 0 Å². The highest BCUT2D eigenvalue weighted by Gasteiger charge is 2.11. The minimum atomic E-state index is -0.936. The third kappa shape index (κ3) is 3.20. The minimum absolute atomic E-state index is 0.276. The number of hydrogen-bond acceptors (Lipinski definition) is 4. The lowest BCUT2D eigenvalue weighted by Crippen LogP contribution is -2.21. The molecule has 0 atom stereocenters. The second kappa shape index (κ2) is 5.67. The van der Waals surface area contributed by atoms with Crippen LogP contribution in [0.2, 0.25) is 0 Å². The molecule has 0 saturated carbocycles. The van der Waals surface area contributed by atoms with E-state index in [4.69, 9.17) is 0 Å². The van der Waals surface area contributed by atoms with E-state index in [0.717, 1.165) is 13.1 Å². The van der Waals surface area contributed by atoms with Crippen molar-refractivity contribution < 1.29 is 9.90 Å². The van der Waals surface area contributed by atoms with Gasteiger partial charge in [-0.05, 0) is 26.2 Å². The Morgan fingerprint density at radius 3 is 2.79 bits per heavy atom. The zero-order valence-corrected chi connectivity index (χ0v) is 11.1. The summed E-state index contributed by atoms with van der Waals surface area (Å²) in [5.74, 6) is -0.341. The summed E-state index contributed by atoms with van der Waals surface area (Å²) in [6.07, 6.45) is 0. The summed E-state index contributed by atoms with van der Waals surface area (Å²) in [7, 11) is 3.97. The Kier molecular flexibility index (Phi) is 3.97. The van der Waals surface area contributed by atoms with E-state index in [2.05, 4.69) is 10.3 Å². The van der Waals surface area contributed by atoms with Crippen LogP contribution in [0, 0.1) is 0 Å². The average Bonchev–Trinajstić information content (AvgIpc) is 2.37. The van der Waals surface area contributed by atoms with Crippen LogP contribution in [-0.4, -0.2) is 48.1 Å². The molecule has 1 heterocycles. The van der Waals surface area contributed by atoms with Crippen molar-refractivity contribution in [3.05, 3.63) is 35.9 Å². The third-order valence-corrected chi connectivity index (χ3v) is 2.81. The zero-order valence-electron chi connectivity index (χ0n) is 11.1. The first-order chi connectivity index (χ1) is 9.08. The SMILES string of the molecule is CN(C)CCNc1cc(C(=O)O)c2ccccc2n1. The average molecular weight is 259 g/mol. The molecule has 100 valence electrons. The van der Waals surface area contributed by atoms with E-state index in [1.54, 1.807) is 12.1 Å². The zero-order chi connectivity index (χ0) is 13.8. The molecule has 0 spiro atoms. The molecule has 5 nitrogen and oxygen atoms in total. The highest BCUT2D eigenvalue weighted by Crippen LogP contribution is 2.20. The molecule has 0 aliphatic rings. The molecule has 19 heavy (non-hydrogen) atoms. The van der Waals surface area contributed by atoms with Crippen molar-refractivity contribution in [3.63, 3.8) is 0 Å². The number of nitrogens with one attached hydrogen (secondary N) is 1. The summed E-state index contributed by atoms with van der Waals surface area (Å²) >= 11 is 0. The van der Waals surface area contributed by atoms with E-state index in [-0.39, 0.29) is 5.56 Å². The predicted molar refractivity (Wildman–Crippen MR) is 75.7 cm³/mol. The van der Waals surface area contributed by atoms with Gasteiger partial charge in [-0.25, -0.2) is 9.78 Å². The Morgan fingerprint density at radius 2 is 2.11 bits per heavy atom. The van der Waals surface area contributed by atoms with Gasteiger partial charge in [0.25, 0.3) is 0 Å². The molecule has 2 N–H and O–H groups in total. The highest BCUT2D eigenvalue weighted by molar-refractivity contribution is 6.03. The Balaban J connectivity index is 2.33. The summed E-state index contributed by atoms with van der Waals surface area (Å²) in [5.41, 5.74) is 0.965. The van der Waals surface area contributed by atoms with E-state index < -0.39 is 5.97 Å². The van der Waals surface area contributed by atoms with E-state index in [0.29, 0.717) is 16.7 Å². The number of para-hydroxylation sites is 1. The van der Waals surface area contributed by atoms with Crippen molar-refractivity contribution in [3.8, 4) is 0 Å². The number of benzene rings is 1. The molecule has 2 rings (SSSR count). The van der Waals surface area contributed by atoms with Gasteiger partial charge in [0.15, 0.2) is 0 Å². The fourth-order valence-electron chi connectivity index (χ4n) is 1.85. The second-order valence-corrected chi connectivity index (χ2v) is 4.61. The van der Waals surface area contributed by atoms with Gasteiger partial charge in [0, 0.05) is 18.5 Å². The van der Waals surface area contributed by atoms with Gasteiger partial charge in [-0.15, -0.1) is 0 Å². The maximum atomic E-state index is 11.3. The molecule has 0 bridgehead atoms. The first kappa shape index (κ1) is 13.3. The lowest BCUT2D eigenvalue weighted by Gasteiger charge is -2.12. The summed E-state index contributed by atoms with van der Waals surface area (Å²) in [6, 6.07) is 8.84. The number of rotatable bonds is 5. The molecule has 1 aromatic heterocycles. The first-order valence-corrected chi connectivity index (χ1v) is 6.09. The van der Waals surface area contributed by atoms with Crippen molar-refractivity contribution in [2.75, 3.05) is 32.5 Å². The number of anilines is 1. The van der Waals surface area contributed by atoms with Crippen LogP contribution in [0.1, 0.15) is 10.4 Å². The molecule has 0 amide bonds. The minimum Gasteiger partial charge on any atom is -0.478 e. The van der Waals surface area contributed by atoms with Crippen molar-refractivity contribution >= 4 is 22.7 Å². The number of carboxylic acids is 1. The highest BCUT2D eigenvalue weighted by atomic mass is 16.4. The number of aromatic nitrogens is 1. The maximum Gasteiger partial charge on any atom is 0.336 e. The van der Waals surface area contributed by atoms with Gasteiger partial charge in [0.05, 0.1) is 11.1 Å². The monoisotopic (exact) mass is 259 g/mol. The third-order valence-electron chi connectivity index (χ3n) is 2.81. The normalized spacial score (nSPS) is 10.9. The molecule has 0 fully saturated rings. The Labute approximate surface area is 111 Å². The quantitative estimate of drug-likeness (QED) is 0.858. The molecule has 0 unspecified atom stereocenters. The topological polar surface area (TPSA) is 65.5 Å². The lowest BCUT2D eigenvalue weighted by atomic mass is 10.1. The Bertz CT molecular complexity index is 596. The fraction of sp³-hybridized carbons (Fsp3) is 0.286. The molecule has 1 aromatic carbocycles. The van der Waals surface area contributed by atoms with E-state index in [1.165, 1.54) is 0 Å². The Hall–Kier alpha value is -2.14. The predicted octanol–water partition coefficient (Wildman–Crippen LogP) is 1.91. The molecular formula is C14H17N3O2. The summed E-state index contributed by atoms with van der Waals surface area (Å²) in [5, 5.41) is 13.1. The van der Waals surface area contributed by atoms with Gasteiger partial charge in [0.2, 0.25) is 0 Å². The van der Waals surface area contributed by atoms with Crippen molar-refractivity contribution in [2.45, 2.75) is 0 Å². The molecule has 0 aliphatic heterocycles. The maximum absolute atomic E-state index is 11.3. The van der Waals surface area contributed by atoms with Gasteiger partial charge in [-0.1, -0.05) is 18.2 Å². The van der Waals surface area contributed by atoms with E-state index in [1.807, 2.05) is 37.2 Å². The van der Waals surface area contributed by atoms with Crippen LogP contribution < -0.4 is 5.32 Å². The van der Waals surface area contributed by atoms with Gasteiger partial charge in [0.1, 0.15) is 5.82 Å². The number of pyridine rings is 1.